The number of hydrogen-bond donors (Lipinski definition) is 2. The number of nitrogens with one attached hydrogen (secondary N) is 2. The van der Waals surface area contributed by atoms with Crippen LogP contribution in [0.5, 0.6) is 0 Å². The quantitative estimate of drug-likeness (QED) is 0.620. The molecule has 0 aliphatic heterocycles. The molecular weight excluding hydrogens is 316 g/mol. The van der Waals surface area contributed by atoms with E-state index in [0.29, 0.717) is 23.5 Å². The van der Waals surface area contributed by atoms with E-state index >= 15 is 0 Å². The van der Waals surface area contributed by atoms with Gasteiger partial charge in [-0.3, -0.25) is 0 Å². The lowest BCUT2D eigenvalue weighted by Gasteiger charge is -2.16. The minimum absolute atomic E-state index is 0.275. The van der Waals surface area contributed by atoms with E-state index in [1.807, 2.05) is 0 Å². The van der Waals surface area contributed by atoms with Crippen molar-refractivity contribution in [2.75, 3.05) is 13.1 Å². The van der Waals surface area contributed by atoms with E-state index in [1.165, 1.54) is 44.6 Å². The number of thiophene rings is 1. The van der Waals surface area contributed by atoms with Gasteiger partial charge in [0.2, 0.25) is 10.0 Å². The van der Waals surface area contributed by atoms with Crippen LogP contribution in [0, 0.1) is 0 Å². The van der Waals surface area contributed by atoms with Crippen molar-refractivity contribution in [3.05, 3.63) is 16.5 Å². The van der Waals surface area contributed by atoms with Crippen LogP contribution in [0.3, 0.4) is 0 Å². The minimum Gasteiger partial charge on any atom is -0.313 e. The third-order valence-corrected chi connectivity index (χ3v) is 6.70. The van der Waals surface area contributed by atoms with Gasteiger partial charge in [-0.15, -0.1) is 11.3 Å². The van der Waals surface area contributed by atoms with Gasteiger partial charge in [0.15, 0.2) is 0 Å². The largest absolute Gasteiger partial charge is 0.313 e. The second kappa shape index (κ2) is 7.75. The molecule has 0 aromatic carbocycles. The molecule has 0 saturated heterocycles. The first-order chi connectivity index (χ1) is 9.58. The highest BCUT2D eigenvalue weighted by molar-refractivity contribution is 7.91. The third-order valence-electron chi connectivity index (χ3n) is 3.52. The molecule has 1 aromatic heterocycles. The zero-order chi connectivity index (χ0) is 14.4. The molecule has 0 radical (unpaired) electrons. The molecular formula is C13H21ClN2O2S2. The van der Waals surface area contributed by atoms with Crippen molar-refractivity contribution in [2.24, 2.45) is 0 Å². The van der Waals surface area contributed by atoms with Gasteiger partial charge in [0.1, 0.15) is 4.21 Å². The van der Waals surface area contributed by atoms with Gasteiger partial charge in [-0.25, -0.2) is 13.1 Å². The Morgan fingerprint density at radius 1 is 1.15 bits per heavy atom. The van der Waals surface area contributed by atoms with Crippen LogP contribution >= 0.6 is 22.9 Å². The summed E-state index contributed by atoms with van der Waals surface area (Å²) in [6, 6.07) is 3.68. The average molecular weight is 337 g/mol. The Hall–Kier alpha value is -0.140. The van der Waals surface area contributed by atoms with Crippen LogP contribution in [0.1, 0.15) is 38.5 Å². The predicted molar refractivity (Wildman–Crippen MR) is 84.0 cm³/mol. The van der Waals surface area contributed by atoms with Gasteiger partial charge in [-0.2, -0.15) is 0 Å². The molecule has 1 fully saturated rings. The van der Waals surface area contributed by atoms with E-state index in [4.69, 9.17) is 11.6 Å². The summed E-state index contributed by atoms with van der Waals surface area (Å²) >= 11 is 6.84. The van der Waals surface area contributed by atoms with E-state index < -0.39 is 10.0 Å². The normalized spacial score (nSPS) is 18.1. The fourth-order valence-electron chi connectivity index (χ4n) is 2.46. The number of sulfonamides is 1. The minimum atomic E-state index is -3.41. The molecule has 2 rings (SSSR count). The molecule has 0 amide bonds. The average Bonchev–Trinajstić information content (AvgIpc) is 2.70. The standard InChI is InChI=1S/C13H21ClN2O2S2/c14-12-7-8-13(19-12)20(17,18)16-10-9-15-11-5-3-1-2-4-6-11/h7-8,11,15-16H,1-6,9-10H2. The van der Waals surface area contributed by atoms with Gasteiger partial charge < -0.3 is 5.32 Å². The predicted octanol–water partition coefficient (Wildman–Crippen LogP) is 2.99. The molecule has 1 saturated carbocycles. The topological polar surface area (TPSA) is 58.2 Å². The lowest BCUT2D eigenvalue weighted by atomic mass is 10.1. The molecule has 0 atom stereocenters. The molecule has 1 aromatic rings. The summed E-state index contributed by atoms with van der Waals surface area (Å²) in [5, 5.41) is 3.44. The van der Waals surface area contributed by atoms with E-state index in [9.17, 15) is 8.42 Å². The molecule has 1 heterocycles. The molecule has 20 heavy (non-hydrogen) atoms. The molecule has 1 aliphatic rings. The number of hydrogen-bond acceptors (Lipinski definition) is 4. The van der Waals surface area contributed by atoms with Crippen LogP contribution in [-0.4, -0.2) is 27.5 Å². The Morgan fingerprint density at radius 3 is 2.45 bits per heavy atom. The summed E-state index contributed by atoms with van der Waals surface area (Å²) < 4.78 is 27.3. The molecule has 0 unspecified atom stereocenters. The molecule has 1 aliphatic carbocycles. The van der Waals surface area contributed by atoms with Crippen molar-refractivity contribution in [3.63, 3.8) is 0 Å². The second-order valence-corrected chi connectivity index (χ2v) is 8.81. The van der Waals surface area contributed by atoms with Gasteiger partial charge in [0, 0.05) is 19.1 Å². The Kier molecular flexibility index (Phi) is 6.29. The summed E-state index contributed by atoms with van der Waals surface area (Å²) in [5.41, 5.74) is 0. The maximum atomic E-state index is 12.0. The highest BCUT2D eigenvalue weighted by Crippen LogP contribution is 2.25. The van der Waals surface area contributed by atoms with E-state index in [0.717, 1.165) is 11.3 Å². The Balaban J connectivity index is 1.72. The summed E-state index contributed by atoms with van der Waals surface area (Å²) in [7, 11) is -3.41. The van der Waals surface area contributed by atoms with Crippen molar-refractivity contribution >= 4 is 33.0 Å². The van der Waals surface area contributed by atoms with Crippen LogP contribution < -0.4 is 10.0 Å². The highest BCUT2D eigenvalue weighted by atomic mass is 35.5. The van der Waals surface area contributed by atoms with Crippen LogP contribution in [0.15, 0.2) is 16.3 Å². The van der Waals surface area contributed by atoms with E-state index in [1.54, 1.807) is 6.07 Å². The first-order valence-corrected chi connectivity index (χ1v) is 9.74. The van der Waals surface area contributed by atoms with Gasteiger partial charge in [0.05, 0.1) is 4.34 Å². The zero-order valence-corrected chi connectivity index (χ0v) is 13.8. The maximum Gasteiger partial charge on any atom is 0.250 e. The van der Waals surface area contributed by atoms with Gasteiger partial charge >= 0.3 is 0 Å². The van der Waals surface area contributed by atoms with Crippen molar-refractivity contribution in [2.45, 2.75) is 48.8 Å². The third kappa shape index (κ3) is 5.00. The molecule has 4 nitrogen and oxygen atoms in total. The lowest BCUT2D eigenvalue weighted by molar-refractivity contribution is 0.461. The molecule has 2 N–H and O–H groups in total. The van der Waals surface area contributed by atoms with Gasteiger partial charge in [0.25, 0.3) is 0 Å². The number of rotatable bonds is 6. The van der Waals surface area contributed by atoms with Crippen molar-refractivity contribution in [1.82, 2.24) is 10.0 Å². The maximum absolute atomic E-state index is 12.0. The Morgan fingerprint density at radius 2 is 1.85 bits per heavy atom. The van der Waals surface area contributed by atoms with Crippen molar-refractivity contribution in [3.8, 4) is 0 Å². The number of halogens is 1. The van der Waals surface area contributed by atoms with Crippen LogP contribution in [-0.2, 0) is 10.0 Å². The molecule has 0 spiro atoms. The smallest absolute Gasteiger partial charge is 0.250 e. The fraction of sp³-hybridized carbons (Fsp3) is 0.692. The summed E-state index contributed by atoms with van der Waals surface area (Å²) in [6.45, 7) is 1.08. The summed E-state index contributed by atoms with van der Waals surface area (Å²) in [4.78, 5) is 0. The van der Waals surface area contributed by atoms with Crippen LogP contribution in [0.2, 0.25) is 4.34 Å². The van der Waals surface area contributed by atoms with Crippen molar-refractivity contribution < 1.29 is 8.42 Å². The summed E-state index contributed by atoms with van der Waals surface area (Å²) in [5.74, 6) is 0. The SMILES string of the molecule is O=S(=O)(NCCNC1CCCCCC1)c1ccc(Cl)s1. The molecule has 114 valence electrons. The first kappa shape index (κ1) is 16.2. The molecule has 7 heteroatoms. The van der Waals surface area contributed by atoms with Crippen molar-refractivity contribution in [1.29, 1.82) is 0 Å². The summed E-state index contributed by atoms with van der Waals surface area (Å²) in [6.07, 6.45) is 7.60. The van der Waals surface area contributed by atoms with Gasteiger partial charge in [-0.1, -0.05) is 37.3 Å². The second-order valence-electron chi connectivity index (χ2n) is 5.10. The van der Waals surface area contributed by atoms with Gasteiger partial charge in [-0.05, 0) is 25.0 Å². The zero-order valence-electron chi connectivity index (χ0n) is 11.4. The highest BCUT2D eigenvalue weighted by Gasteiger charge is 2.16. The van der Waals surface area contributed by atoms with E-state index in [-0.39, 0.29) is 4.21 Å². The monoisotopic (exact) mass is 336 g/mol. The van der Waals surface area contributed by atoms with Crippen LogP contribution in [0.4, 0.5) is 0 Å². The first-order valence-electron chi connectivity index (χ1n) is 7.06. The lowest BCUT2D eigenvalue weighted by Crippen LogP contribution is -2.36. The fourth-order valence-corrected chi connectivity index (χ4v) is 5.02. The Bertz CT molecular complexity index is 508. The van der Waals surface area contributed by atoms with Crippen LogP contribution in [0.25, 0.3) is 0 Å². The van der Waals surface area contributed by atoms with E-state index in [2.05, 4.69) is 10.0 Å². The molecule has 0 bridgehead atoms. The Labute approximate surface area is 130 Å².